The number of morpholine rings is 1. The molecule has 0 aliphatic carbocycles. The highest BCUT2D eigenvalue weighted by molar-refractivity contribution is 5.87. The van der Waals surface area contributed by atoms with E-state index < -0.39 is 0 Å². The van der Waals surface area contributed by atoms with Gasteiger partial charge in [-0.3, -0.25) is 9.69 Å². The zero-order valence-electron chi connectivity index (χ0n) is 19.7. The van der Waals surface area contributed by atoms with Gasteiger partial charge < -0.3 is 19.7 Å². The van der Waals surface area contributed by atoms with Crippen molar-refractivity contribution in [3.8, 4) is 5.75 Å². The average molecular weight is 442 g/mol. The van der Waals surface area contributed by atoms with Crippen LogP contribution in [0.3, 0.4) is 0 Å². The molecule has 1 aromatic heterocycles. The first-order valence-electron chi connectivity index (χ1n) is 11.7. The van der Waals surface area contributed by atoms with E-state index in [9.17, 15) is 4.79 Å². The number of aromatic nitrogens is 2. The summed E-state index contributed by atoms with van der Waals surface area (Å²) in [5.74, 6) is 1.50. The molecule has 8 heteroatoms. The zero-order valence-corrected chi connectivity index (χ0v) is 19.7. The molecule has 1 atom stereocenters. The van der Waals surface area contributed by atoms with Crippen LogP contribution in [0.2, 0.25) is 0 Å². The van der Waals surface area contributed by atoms with E-state index in [1.165, 1.54) is 0 Å². The molecule has 1 unspecified atom stereocenters. The van der Waals surface area contributed by atoms with E-state index in [0.717, 1.165) is 68.0 Å². The van der Waals surface area contributed by atoms with Crippen molar-refractivity contribution in [2.75, 3.05) is 50.9 Å². The molecule has 2 fully saturated rings. The first kappa shape index (κ1) is 22.7. The second-order valence-corrected chi connectivity index (χ2v) is 9.20. The number of carbonyl (C=O) groups excluding carboxylic acids is 1. The minimum absolute atomic E-state index is 0.0527. The molecule has 32 heavy (non-hydrogen) atoms. The molecule has 2 aromatic rings. The molecule has 0 spiro atoms. The van der Waals surface area contributed by atoms with Crippen molar-refractivity contribution in [1.82, 2.24) is 20.2 Å². The minimum atomic E-state index is -0.241. The quantitative estimate of drug-likeness (QED) is 0.707. The molecule has 1 N–H and O–H groups in total. The molecule has 0 saturated carbocycles. The second-order valence-electron chi connectivity index (χ2n) is 9.20. The maximum Gasteiger partial charge on any atom is 0.242 e. The van der Waals surface area contributed by atoms with Crippen molar-refractivity contribution in [3.63, 3.8) is 0 Å². The van der Waals surface area contributed by atoms with Gasteiger partial charge in [0, 0.05) is 37.1 Å². The van der Waals surface area contributed by atoms with E-state index in [1.807, 2.05) is 32.0 Å². The Morgan fingerprint density at radius 2 is 2.03 bits per heavy atom. The van der Waals surface area contributed by atoms with Gasteiger partial charge in [0.2, 0.25) is 11.9 Å². The number of fused-ring (bicyclic) bond motifs is 1. The Bertz CT molecular complexity index is 958. The standard InChI is InChI=1S/C24H35N5O3/c1-5-32-18-8-9-20-19(15-18)17(2)26-23(27-20)29-10-6-7-21(29)22(30)25-16-24(3,4)28-11-13-31-14-12-28/h8-9,15,21H,5-7,10-14,16H2,1-4H3,(H,25,30). The van der Waals surface area contributed by atoms with Gasteiger partial charge in [0.15, 0.2) is 0 Å². The Morgan fingerprint density at radius 1 is 1.25 bits per heavy atom. The smallest absolute Gasteiger partial charge is 0.242 e. The number of anilines is 1. The number of hydrogen-bond acceptors (Lipinski definition) is 7. The van der Waals surface area contributed by atoms with E-state index in [0.29, 0.717) is 19.1 Å². The van der Waals surface area contributed by atoms with Gasteiger partial charge in [-0.25, -0.2) is 9.97 Å². The van der Waals surface area contributed by atoms with Crippen molar-refractivity contribution >= 4 is 22.8 Å². The lowest BCUT2D eigenvalue weighted by Gasteiger charge is -2.41. The third-order valence-corrected chi connectivity index (χ3v) is 6.53. The summed E-state index contributed by atoms with van der Waals surface area (Å²) in [6.07, 6.45) is 1.77. The van der Waals surface area contributed by atoms with E-state index in [-0.39, 0.29) is 17.5 Å². The number of hydrogen-bond donors (Lipinski definition) is 1. The topological polar surface area (TPSA) is 79.8 Å². The Morgan fingerprint density at radius 3 is 2.78 bits per heavy atom. The predicted octanol–water partition coefficient (Wildman–Crippen LogP) is 2.53. The maximum atomic E-state index is 13.2. The van der Waals surface area contributed by atoms with E-state index in [1.54, 1.807) is 0 Å². The third kappa shape index (κ3) is 4.81. The molecule has 3 heterocycles. The lowest BCUT2D eigenvalue weighted by atomic mass is 10.0. The van der Waals surface area contributed by atoms with Gasteiger partial charge in [0.05, 0.1) is 31.0 Å². The van der Waals surface area contributed by atoms with Crippen LogP contribution in [0.25, 0.3) is 10.9 Å². The lowest BCUT2D eigenvalue weighted by Crippen LogP contribution is -2.57. The largest absolute Gasteiger partial charge is 0.494 e. The van der Waals surface area contributed by atoms with Crippen LogP contribution in [0.15, 0.2) is 18.2 Å². The Labute approximate surface area is 190 Å². The summed E-state index contributed by atoms with van der Waals surface area (Å²) in [7, 11) is 0. The molecule has 2 saturated heterocycles. The highest BCUT2D eigenvalue weighted by Crippen LogP contribution is 2.28. The Kier molecular flexibility index (Phi) is 6.81. The van der Waals surface area contributed by atoms with Crippen LogP contribution in [0.5, 0.6) is 5.75 Å². The monoisotopic (exact) mass is 441 g/mol. The first-order chi connectivity index (χ1) is 15.4. The first-order valence-corrected chi connectivity index (χ1v) is 11.7. The molecule has 2 aliphatic heterocycles. The average Bonchev–Trinajstić information content (AvgIpc) is 3.29. The van der Waals surface area contributed by atoms with Gasteiger partial charge in [-0.1, -0.05) is 0 Å². The predicted molar refractivity (Wildman–Crippen MR) is 125 cm³/mol. The number of nitrogens with zero attached hydrogens (tertiary/aromatic N) is 4. The number of aryl methyl sites for hydroxylation is 1. The molecular formula is C24H35N5O3. The Balaban J connectivity index is 1.47. The number of benzene rings is 1. The molecule has 4 rings (SSSR count). The molecule has 0 radical (unpaired) electrons. The van der Waals surface area contributed by atoms with Gasteiger partial charge in [0.25, 0.3) is 0 Å². The van der Waals surface area contributed by atoms with Gasteiger partial charge in [0.1, 0.15) is 11.8 Å². The fraction of sp³-hybridized carbons (Fsp3) is 0.625. The van der Waals surface area contributed by atoms with Gasteiger partial charge >= 0.3 is 0 Å². The van der Waals surface area contributed by atoms with Crippen LogP contribution >= 0.6 is 0 Å². The number of rotatable bonds is 7. The van der Waals surface area contributed by atoms with Crippen molar-refractivity contribution in [3.05, 3.63) is 23.9 Å². The van der Waals surface area contributed by atoms with Crippen LogP contribution in [-0.2, 0) is 9.53 Å². The summed E-state index contributed by atoms with van der Waals surface area (Å²) >= 11 is 0. The fourth-order valence-corrected chi connectivity index (χ4v) is 4.61. The van der Waals surface area contributed by atoms with Gasteiger partial charge in [-0.2, -0.15) is 0 Å². The number of ether oxygens (including phenoxy) is 2. The van der Waals surface area contributed by atoms with Crippen LogP contribution in [0.4, 0.5) is 5.95 Å². The van der Waals surface area contributed by atoms with Crippen LogP contribution in [0, 0.1) is 6.92 Å². The molecule has 1 aromatic carbocycles. The summed E-state index contributed by atoms with van der Waals surface area (Å²) in [5, 5.41) is 4.18. The van der Waals surface area contributed by atoms with Crippen LogP contribution in [0.1, 0.15) is 39.3 Å². The molecule has 2 aliphatic rings. The van der Waals surface area contributed by atoms with E-state index in [4.69, 9.17) is 19.4 Å². The zero-order chi connectivity index (χ0) is 22.7. The summed E-state index contributed by atoms with van der Waals surface area (Å²) in [5.41, 5.74) is 1.65. The summed E-state index contributed by atoms with van der Waals surface area (Å²) in [6, 6.07) is 5.65. The summed E-state index contributed by atoms with van der Waals surface area (Å²) in [4.78, 5) is 27.1. The summed E-state index contributed by atoms with van der Waals surface area (Å²) < 4.78 is 11.1. The molecule has 0 bridgehead atoms. The maximum absolute atomic E-state index is 13.2. The van der Waals surface area contributed by atoms with Crippen molar-refractivity contribution < 1.29 is 14.3 Å². The highest BCUT2D eigenvalue weighted by atomic mass is 16.5. The van der Waals surface area contributed by atoms with Gasteiger partial charge in [-0.15, -0.1) is 0 Å². The lowest BCUT2D eigenvalue weighted by molar-refractivity contribution is -0.123. The number of amides is 1. The van der Waals surface area contributed by atoms with Crippen molar-refractivity contribution in [2.24, 2.45) is 0 Å². The highest BCUT2D eigenvalue weighted by Gasteiger charge is 2.35. The second kappa shape index (κ2) is 9.58. The fourth-order valence-electron chi connectivity index (χ4n) is 4.61. The normalized spacial score (nSPS) is 20.0. The van der Waals surface area contributed by atoms with E-state index in [2.05, 4.69) is 29.0 Å². The van der Waals surface area contributed by atoms with E-state index >= 15 is 0 Å². The third-order valence-electron chi connectivity index (χ3n) is 6.53. The van der Waals surface area contributed by atoms with Crippen LogP contribution in [-0.4, -0.2) is 78.4 Å². The SMILES string of the molecule is CCOc1ccc2nc(N3CCCC3C(=O)NCC(C)(C)N3CCOCC3)nc(C)c2c1. The van der Waals surface area contributed by atoms with Crippen LogP contribution < -0.4 is 15.0 Å². The molecule has 174 valence electrons. The molecule has 1 amide bonds. The number of carbonyl (C=O) groups is 1. The minimum Gasteiger partial charge on any atom is -0.494 e. The van der Waals surface area contributed by atoms with Crippen molar-refractivity contribution in [1.29, 1.82) is 0 Å². The van der Waals surface area contributed by atoms with Crippen molar-refractivity contribution in [2.45, 2.75) is 52.1 Å². The Hall–Kier alpha value is -2.45. The molecule has 8 nitrogen and oxygen atoms in total. The number of nitrogens with one attached hydrogen (secondary N) is 1. The molecular weight excluding hydrogens is 406 g/mol. The summed E-state index contributed by atoms with van der Waals surface area (Å²) in [6.45, 7) is 13.6. The van der Waals surface area contributed by atoms with Gasteiger partial charge in [-0.05, 0) is 58.7 Å².